The summed E-state index contributed by atoms with van der Waals surface area (Å²) in [5, 5.41) is 28.8. The third kappa shape index (κ3) is 11.1. The van der Waals surface area contributed by atoms with E-state index in [0.717, 1.165) is 32.9 Å². The number of para-hydroxylation sites is 2. The molecule has 0 radical (unpaired) electrons. The molecule has 20 nitrogen and oxygen atoms in total. The minimum atomic E-state index is -4.69. The molecule has 2 N–H and O–H groups in total. The van der Waals surface area contributed by atoms with Crippen molar-refractivity contribution in [3.63, 3.8) is 0 Å². The van der Waals surface area contributed by atoms with E-state index in [2.05, 4.69) is 10.6 Å². The van der Waals surface area contributed by atoms with Gasteiger partial charge in [0.2, 0.25) is 11.8 Å². The Balaban J connectivity index is 1.36. The van der Waals surface area contributed by atoms with Crippen LogP contribution in [-0.2, 0) is 29.6 Å². The number of hydrogen-bond donors (Lipinski definition) is 2. The van der Waals surface area contributed by atoms with Gasteiger partial charge in [0.25, 0.3) is 31.4 Å². The van der Waals surface area contributed by atoms with Crippen LogP contribution < -0.4 is 38.2 Å². The predicted molar refractivity (Wildman–Crippen MR) is 219 cm³/mol. The zero-order valence-corrected chi connectivity index (χ0v) is 34.7. The van der Waals surface area contributed by atoms with Gasteiger partial charge in [0.1, 0.15) is 36.1 Å². The molecular weight excluding hydrogens is 829 g/mol. The van der Waals surface area contributed by atoms with Crippen LogP contribution in [0.25, 0.3) is 0 Å². The lowest BCUT2D eigenvalue weighted by atomic mass is 10.2. The lowest BCUT2D eigenvalue weighted by Crippen LogP contribution is -2.41. The molecule has 4 rings (SSSR count). The first-order valence-corrected chi connectivity index (χ1v) is 21.0. The van der Waals surface area contributed by atoms with Gasteiger partial charge in [-0.15, -0.1) is 0 Å². The fraction of sp³-hybridized carbons (Fsp3) is 0.316. The van der Waals surface area contributed by atoms with Gasteiger partial charge in [-0.2, -0.15) is 0 Å². The van der Waals surface area contributed by atoms with E-state index in [1.165, 1.54) is 89.1 Å². The van der Waals surface area contributed by atoms with Crippen molar-refractivity contribution in [1.29, 1.82) is 0 Å². The van der Waals surface area contributed by atoms with Gasteiger partial charge < -0.3 is 29.6 Å². The number of rotatable bonds is 23. The molecule has 0 fully saturated rings. The summed E-state index contributed by atoms with van der Waals surface area (Å²) in [4.78, 5) is 46.9. The number of carbonyl (C=O) groups is 2. The van der Waals surface area contributed by atoms with E-state index in [9.17, 15) is 46.7 Å². The molecule has 2 amide bonds. The molecule has 0 aliphatic rings. The standard InChI is InChI=1S/C38H44N6O14S2/c1-55-27-17-19-29(33(23-27)57-3)41(59(51,52)35-15-9-7-13-31(35)43(47)48)25-37(45)39-21-11-5-6-12-22-40-38(46)26-42(30-20-18-28(56-2)24-34(30)58-4)60(53,54)36-16-10-8-14-32(36)44(49)50/h7-10,13-20,23-24H,5-6,11-12,21-22,25-26H2,1-4H3,(H,39,45)(H,40,46). The van der Waals surface area contributed by atoms with Gasteiger partial charge in [-0.05, 0) is 49.2 Å². The summed E-state index contributed by atoms with van der Waals surface area (Å²) in [6, 6.07) is 18.0. The normalized spacial score (nSPS) is 11.2. The van der Waals surface area contributed by atoms with Gasteiger partial charge >= 0.3 is 0 Å². The molecular formula is C38H44N6O14S2. The lowest BCUT2D eigenvalue weighted by molar-refractivity contribution is -0.388. The number of nitro benzene ring substituents is 2. The van der Waals surface area contributed by atoms with Crippen molar-refractivity contribution >= 4 is 54.6 Å². The zero-order chi connectivity index (χ0) is 44.0. The number of unbranched alkanes of at least 4 members (excludes halogenated alkanes) is 3. The summed E-state index contributed by atoms with van der Waals surface area (Å²) < 4.78 is 78.4. The molecule has 322 valence electrons. The summed E-state index contributed by atoms with van der Waals surface area (Å²) in [6.45, 7) is -1.19. The summed E-state index contributed by atoms with van der Waals surface area (Å²) in [5.41, 5.74) is -1.47. The van der Waals surface area contributed by atoms with Crippen molar-refractivity contribution in [3.8, 4) is 23.0 Å². The fourth-order valence-corrected chi connectivity index (χ4v) is 9.09. The van der Waals surface area contributed by atoms with Crippen LogP contribution in [0.3, 0.4) is 0 Å². The third-order valence-electron chi connectivity index (χ3n) is 8.89. The molecule has 4 aromatic carbocycles. The molecule has 0 heterocycles. The van der Waals surface area contributed by atoms with E-state index in [-0.39, 0.29) is 36.0 Å². The number of nitrogens with one attached hydrogen (secondary N) is 2. The van der Waals surface area contributed by atoms with Crippen molar-refractivity contribution in [2.24, 2.45) is 0 Å². The molecule has 0 unspecified atom stereocenters. The molecule has 0 saturated carbocycles. The van der Waals surface area contributed by atoms with Crippen LogP contribution in [0.5, 0.6) is 23.0 Å². The van der Waals surface area contributed by atoms with Crippen LogP contribution in [0.4, 0.5) is 22.7 Å². The van der Waals surface area contributed by atoms with Gasteiger partial charge in [-0.3, -0.25) is 38.4 Å². The molecule has 0 aliphatic heterocycles. The molecule has 0 atom stereocenters. The van der Waals surface area contributed by atoms with Crippen LogP contribution >= 0.6 is 0 Å². The average molecular weight is 873 g/mol. The first kappa shape index (κ1) is 46.0. The molecule has 60 heavy (non-hydrogen) atoms. The Kier molecular flexibility index (Phi) is 16.0. The Hall–Kier alpha value is -6.68. The van der Waals surface area contributed by atoms with E-state index in [4.69, 9.17) is 18.9 Å². The van der Waals surface area contributed by atoms with Crippen molar-refractivity contribution in [2.45, 2.75) is 35.5 Å². The quantitative estimate of drug-likeness (QED) is 0.0595. The summed E-state index contributed by atoms with van der Waals surface area (Å²) in [7, 11) is -3.99. The fourth-order valence-electron chi connectivity index (χ4n) is 5.90. The molecule has 0 saturated heterocycles. The number of carbonyl (C=O) groups excluding carboxylic acids is 2. The van der Waals surface area contributed by atoms with E-state index >= 15 is 0 Å². The highest BCUT2D eigenvalue weighted by molar-refractivity contribution is 7.93. The molecule has 0 spiro atoms. The molecule has 0 aliphatic carbocycles. The summed E-state index contributed by atoms with van der Waals surface area (Å²) in [5.74, 6) is -0.656. The van der Waals surface area contributed by atoms with Crippen LogP contribution in [0.15, 0.2) is 94.7 Å². The number of sulfonamides is 2. The Bertz CT molecular complexity index is 2250. The van der Waals surface area contributed by atoms with Gasteiger partial charge in [-0.25, -0.2) is 16.8 Å². The number of hydrogen-bond acceptors (Lipinski definition) is 14. The molecule has 0 bridgehead atoms. The zero-order valence-electron chi connectivity index (χ0n) is 33.1. The lowest BCUT2D eigenvalue weighted by Gasteiger charge is -2.26. The van der Waals surface area contributed by atoms with Crippen LogP contribution in [0, 0.1) is 20.2 Å². The highest BCUT2D eigenvalue weighted by Gasteiger charge is 2.36. The summed E-state index contributed by atoms with van der Waals surface area (Å²) in [6.07, 6.45) is 2.06. The number of nitro groups is 2. The minimum absolute atomic E-state index is 0.0337. The maximum Gasteiger partial charge on any atom is 0.289 e. The van der Waals surface area contributed by atoms with Crippen molar-refractivity contribution in [1.82, 2.24) is 10.6 Å². The smallest absolute Gasteiger partial charge is 0.289 e. The van der Waals surface area contributed by atoms with E-state index in [1.54, 1.807) is 0 Å². The Morgan fingerprint density at radius 3 is 1.27 bits per heavy atom. The number of methoxy groups -OCH3 is 4. The maximum absolute atomic E-state index is 13.9. The molecule has 4 aromatic rings. The van der Waals surface area contributed by atoms with Gasteiger partial charge in [0, 0.05) is 37.4 Å². The minimum Gasteiger partial charge on any atom is -0.497 e. The Morgan fingerprint density at radius 2 is 0.933 bits per heavy atom. The summed E-state index contributed by atoms with van der Waals surface area (Å²) >= 11 is 0. The first-order valence-electron chi connectivity index (χ1n) is 18.1. The second-order valence-corrected chi connectivity index (χ2v) is 16.3. The van der Waals surface area contributed by atoms with Gasteiger partial charge in [-0.1, -0.05) is 37.1 Å². The van der Waals surface area contributed by atoms with Crippen molar-refractivity contribution < 1.29 is 55.2 Å². The van der Waals surface area contributed by atoms with E-state index in [0.29, 0.717) is 37.2 Å². The largest absolute Gasteiger partial charge is 0.497 e. The van der Waals surface area contributed by atoms with Gasteiger partial charge in [0.15, 0.2) is 9.79 Å². The number of anilines is 2. The molecule has 0 aromatic heterocycles. The monoisotopic (exact) mass is 872 g/mol. The van der Waals surface area contributed by atoms with Crippen molar-refractivity contribution in [3.05, 3.63) is 105 Å². The third-order valence-corrected chi connectivity index (χ3v) is 12.5. The Labute approximate surface area is 346 Å². The number of amides is 2. The average Bonchev–Trinajstić information content (AvgIpc) is 3.24. The topological polar surface area (TPSA) is 256 Å². The Morgan fingerprint density at radius 1 is 0.567 bits per heavy atom. The molecule has 22 heteroatoms. The SMILES string of the molecule is COc1ccc(N(CC(=O)NCCCCCCNC(=O)CN(c2ccc(OC)cc2OC)S(=O)(=O)c2ccccc2[N+](=O)[O-])S(=O)(=O)c2ccccc2[N+](=O)[O-])c(OC)c1. The highest BCUT2D eigenvalue weighted by atomic mass is 32.2. The van der Waals surface area contributed by atoms with E-state index in [1.807, 2.05) is 0 Å². The predicted octanol–water partition coefficient (Wildman–Crippen LogP) is 4.42. The van der Waals surface area contributed by atoms with Crippen LogP contribution in [-0.4, -0.2) is 93.1 Å². The number of benzene rings is 4. The van der Waals surface area contributed by atoms with Crippen molar-refractivity contribution in [2.75, 3.05) is 63.2 Å². The van der Waals surface area contributed by atoms with Gasteiger partial charge in [0.05, 0.1) is 49.7 Å². The highest BCUT2D eigenvalue weighted by Crippen LogP contribution is 2.39. The van der Waals surface area contributed by atoms with Crippen LogP contribution in [0.1, 0.15) is 25.7 Å². The number of ether oxygens (including phenoxy) is 4. The maximum atomic E-state index is 13.9. The second kappa shape index (κ2) is 20.8. The van der Waals surface area contributed by atoms with Crippen LogP contribution in [0.2, 0.25) is 0 Å². The second-order valence-electron chi connectivity index (χ2n) is 12.7. The first-order chi connectivity index (χ1) is 28.6. The van der Waals surface area contributed by atoms with E-state index < -0.39 is 76.0 Å². The number of nitrogens with zero attached hydrogens (tertiary/aromatic N) is 4.